The van der Waals surface area contributed by atoms with Gasteiger partial charge in [0.15, 0.2) is 0 Å². The van der Waals surface area contributed by atoms with Gasteiger partial charge in [-0.15, -0.1) is 11.8 Å². The van der Waals surface area contributed by atoms with Crippen molar-refractivity contribution in [2.75, 3.05) is 37.3 Å². The van der Waals surface area contributed by atoms with E-state index in [1.54, 1.807) is 16.7 Å². The first-order valence-corrected chi connectivity index (χ1v) is 10.2. The Bertz CT molecular complexity index is 620. The van der Waals surface area contributed by atoms with Gasteiger partial charge in [0.2, 0.25) is 5.91 Å². The summed E-state index contributed by atoms with van der Waals surface area (Å²) in [5.41, 5.74) is 0.855. The normalized spacial score (nSPS) is 24.6. The smallest absolute Gasteiger partial charge is 0.311 e. The highest BCUT2D eigenvalue weighted by Crippen LogP contribution is 2.28. The number of rotatable bonds is 5. The van der Waals surface area contributed by atoms with Gasteiger partial charge in [-0.25, -0.2) is 0 Å². The van der Waals surface area contributed by atoms with Gasteiger partial charge in [-0.05, 0) is 56.5 Å². The van der Waals surface area contributed by atoms with Crippen molar-refractivity contribution in [1.82, 2.24) is 4.90 Å². The van der Waals surface area contributed by atoms with E-state index in [9.17, 15) is 9.59 Å². The second-order valence-corrected chi connectivity index (χ2v) is 7.58. The average molecular weight is 362 g/mol. The molecular weight excluding hydrogens is 336 g/mol. The molecule has 25 heavy (non-hydrogen) atoms. The molecule has 2 fully saturated rings. The van der Waals surface area contributed by atoms with Crippen molar-refractivity contribution in [1.29, 1.82) is 0 Å². The molecule has 0 N–H and O–H groups in total. The molecule has 0 saturated carbocycles. The Morgan fingerprint density at radius 1 is 1.28 bits per heavy atom. The molecule has 2 saturated heterocycles. The Morgan fingerprint density at radius 2 is 2.04 bits per heavy atom. The molecule has 0 bridgehead atoms. The van der Waals surface area contributed by atoms with Crippen LogP contribution in [0.3, 0.4) is 0 Å². The predicted molar refractivity (Wildman–Crippen MR) is 99.9 cm³/mol. The molecule has 0 aliphatic carbocycles. The number of likely N-dealkylation sites (tertiary alicyclic amines) is 1. The molecule has 1 amide bonds. The fraction of sp³-hybridized carbons (Fsp3) is 0.579. The summed E-state index contributed by atoms with van der Waals surface area (Å²) < 4.78 is 5.71. The van der Waals surface area contributed by atoms with E-state index in [2.05, 4.69) is 11.8 Å². The summed E-state index contributed by atoms with van der Waals surface area (Å²) in [7, 11) is 0. The van der Waals surface area contributed by atoms with Gasteiger partial charge in [0.1, 0.15) is 6.10 Å². The Labute approximate surface area is 153 Å². The van der Waals surface area contributed by atoms with Gasteiger partial charge in [-0.3, -0.25) is 14.5 Å². The summed E-state index contributed by atoms with van der Waals surface area (Å²) in [6.45, 7) is 5.41. The van der Waals surface area contributed by atoms with Crippen molar-refractivity contribution < 1.29 is 14.3 Å². The summed E-state index contributed by atoms with van der Waals surface area (Å²) >= 11 is 1.67. The molecule has 5 nitrogen and oxygen atoms in total. The number of hydrogen-bond acceptors (Lipinski definition) is 5. The van der Waals surface area contributed by atoms with Crippen molar-refractivity contribution in [3.63, 3.8) is 0 Å². The summed E-state index contributed by atoms with van der Waals surface area (Å²) in [5, 5.41) is 0. The van der Waals surface area contributed by atoms with Crippen LogP contribution in [-0.4, -0.2) is 55.3 Å². The summed E-state index contributed by atoms with van der Waals surface area (Å²) in [5.74, 6) is -0.582. The minimum Gasteiger partial charge on any atom is -0.461 e. The van der Waals surface area contributed by atoms with E-state index in [-0.39, 0.29) is 30.3 Å². The molecule has 0 aromatic heterocycles. The maximum absolute atomic E-state index is 12.5. The molecule has 2 aliphatic rings. The van der Waals surface area contributed by atoms with Gasteiger partial charge in [0.05, 0.1) is 5.92 Å². The largest absolute Gasteiger partial charge is 0.461 e. The number of carbonyl (C=O) groups excluding carboxylic acids is 2. The van der Waals surface area contributed by atoms with E-state index in [0.29, 0.717) is 6.54 Å². The molecule has 2 unspecified atom stereocenters. The first kappa shape index (κ1) is 18.3. The first-order valence-electron chi connectivity index (χ1n) is 8.98. The van der Waals surface area contributed by atoms with Crippen molar-refractivity contribution >= 4 is 29.3 Å². The van der Waals surface area contributed by atoms with Crippen molar-refractivity contribution in [2.24, 2.45) is 5.92 Å². The van der Waals surface area contributed by atoms with Gasteiger partial charge in [-0.1, -0.05) is 6.92 Å². The second-order valence-electron chi connectivity index (χ2n) is 6.70. The lowest BCUT2D eigenvalue weighted by atomic mass is 10.1. The summed E-state index contributed by atoms with van der Waals surface area (Å²) in [6, 6.07) is 7.88. The number of amides is 1. The number of nitrogens with zero attached hydrogens (tertiary/aromatic N) is 2. The van der Waals surface area contributed by atoms with E-state index < -0.39 is 0 Å². The lowest BCUT2D eigenvalue weighted by Crippen LogP contribution is -2.41. The van der Waals surface area contributed by atoms with Crippen LogP contribution in [0.5, 0.6) is 0 Å². The van der Waals surface area contributed by atoms with Crippen molar-refractivity contribution in [3.8, 4) is 0 Å². The van der Waals surface area contributed by atoms with Crippen LogP contribution in [-0.2, 0) is 14.3 Å². The SMILES string of the molecule is CCN1CCCC(OC(=O)C2CC(=O)N(c3ccc(SC)cc3)C2)C1. The standard InChI is InChI=1S/C19H26N2O3S/c1-3-20-10-4-5-16(13-20)24-19(23)14-11-18(22)21(12-14)15-6-8-17(25-2)9-7-15/h6-9,14,16H,3-5,10-13H2,1-2H3. The molecule has 1 aromatic carbocycles. The number of hydrogen-bond donors (Lipinski definition) is 0. The molecule has 2 atom stereocenters. The third-order valence-corrected chi connectivity index (χ3v) is 5.78. The minimum absolute atomic E-state index is 0.00215. The van der Waals surface area contributed by atoms with Crippen LogP contribution in [0.25, 0.3) is 0 Å². The van der Waals surface area contributed by atoms with E-state index >= 15 is 0 Å². The maximum Gasteiger partial charge on any atom is 0.311 e. The number of likely N-dealkylation sites (N-methyl/N-ethyl adjacent to an activating group) is 1. The van der Waals surface area contributed by atoms with Crippen LogP contribution in [0.15, 0.2) is 29.2 Å². The van der Waals surface area contributed by atoms with E-state index in [0.717, 1.165) is 43.1 Å². The van der Waals surface area contributed by atoms with Gasteiger partial charge >= 0.3 is 5.97 Å². The average Bonchev–Trinajstić information content (AvgIpc) is 3.04. The zero-order valence-corrected chi connectivity index (χ0v) is 15.8. The zero-order chi connectivity index (χ0) is 17.8. The Balaban J connectivity index is 1.58. The van der Waals surface area contributed by atoms with Crippen LogP contribution in [0.1, 0.15) is 26.2 Å². The zero-order valence-electron chi connectivity index (χ0n) is 14.9. The fourth-order valence-corrected chi connectivity index (χ4v) is 3.94. The first-order chi connectivity index (χ1) is 12.1. The molecule has 0 radical (unpaired) electrons. The van der Waals surface area contributed by atoms with Gasteiger partial charge in [-0.2, -0.15) is 0 Å². The van der Waals surface area contributed by atoms with Crippen LogP contribution in [0.2, 0.25) is 0 Å². The Morgan fingerprint density at radius 3 is 2.72 bits per heavy atom. The number of piperidine rings is 1. The van der Waals surface area contributed by atoms with Crippen LogP contribution in [0, 0.1) is 5.92 Å². The van der Waals surface area contributed by atoms with Crippen molar-refractivity contribution in [3.05, 3.63) is 24.3 Å². The molecule has 2 heterocycles. The highest BCUT2D eigenvalue weighted by molar-refractivity contribution is 7.98. The molecule has 6 heteroatoms. The van der Waals surface area contributed by atoms with Gasteiger partial charge in [0, 0.05) is 30.1 Å². The number of anilines is 1. The van der Waals surface area contributed by atoms with E-state index in [4.69, 9.17) is 4.74 Å². The van der Waals surface area contributed by atoms with Crippen LogP contribution >= 0.6 is 11.8 Å². The third-order valence-electron chi connectivity index (χ3n) is 5.03. The highest BCUT2D eigenvalue weighted by atomic mass is 32.2. The van der Waals surface area contributed by atoms with E-state index in [1.165, 1.54) is 0 Å². The molecule has 136 valence electrons. The number of thioether (sulfide) groups is 1. The minimum atomic E-state index is -0.357. The van der Waals surface area contributed by atoms with E-state index in [1.807, 2.05) is 30.5 Å². The predicted octanol–water partition coefficient (Wildman–Crippen LogP) is 2.79. The molecule has 0 spiro atoms. The lowest BCUT2D eigenvalue weighted by Gasteiger charge is -2.31. The number of benzene rings is 1. The fourth-order valence-electron chi connectivity index (χ4n) is 3.53. The topological polar surface area (TPSA) is 49.9 Å². The number of carbonyl (C=O) groups is 2. The summed E-state index contributed by atoms with van der Waals surface area (Å²) in [6.07, 6.45) is 4.21. The second kappa shape index (κ2) is 8.23. The van der Waals surface area contributed by atoms with Crippen LogP contribution < -0.4 is 4.90 Å². The van der Waals surface area contributed by atoms with Crippen molar-refractivity contribution in [2.45, 2.75) is 37.2 Å². The Kier molecular flexibility index (Phi) is 6.02. The molecule has 1 aromatic rings. The van der Waals surface area contributed by atoms with Crippen LogP contribution in [0.4, 0.5) is 5.69 Å². The highest BCUT2D eigenvalue weighted by Gasteiger charge is 2.37. The monoisotopic (exact) mass is 362 g/mol. The molecule has 3 rings (SSSR count). The number of ether oxygens (including phenoxy) is 1. The quantitative estimate of drug-likeness (QED) is 0.595. The van der Waals surface area contributed by atoms with Gasteiger partial charge < -0.3 is 9.64 Å². The Hall–Kier alpha value is -1.53. The molecular formula is C19H26N2O3S. The summed E-state index contributed by atoms with van der Waals surface area (Å²) in [4.78, 5) is 30.0. The number of esters is 1. The van der Waals surface area contributed by atoms with Gasteiger partial charge in [0.25, 0.3) is 0 Å². The maximum atomic E-state index is 12.5. The molecule has 2 aliphatic heterocycles. The third kappa shape index (κ3) is 4.36. The lowest BCUT2D eigenvalue weighted by molar-refractivity contribution is -0.156.